The third-order valence-electron chi connectivity index (χ3n) is 2.28. The van der Waals surface area contributed by atoms with Crippen molar-refractivity contribution in [2.75, 3.05) is 0 Å². The van der Waals surface area contributed by atoms with E-state index in [1.54, 1.807) is 0 Å². The maximum atomic E-state index is 2.29. The van der Waals surface area contributed by atoms with Gasteiger partial charge in [0.15, 0.2) is 0 Å². The van der Waals surface area contributed by atoms with E-state index in [1.807, 2.05) is 0 Å². The molecule has 0 unspecified atom stereocenters. The second-order valence-electron chi connectivity index (χ2n) is 6.97. The van der Waals surface area contributed by atoms with Gasteiger partial charge in [-0.05, 0) is 23.7 Å². The van der Waals surface area contributed by atoms with Crippen molar-refractivity contribution in [3.8, 4) is 0 Å². The zero-order valence-electron chi connectivity index (χ0n) is 12.5. The number of rotatable bonds is 3. The van der Waals surface area contributed by atoms with Crippen LogP contribution in [0.25, 0.3) is 0 Å². The van der Waals surface area contributed by atoms with Crippen LogP contribution in [0.5, 0.6) is 0 Å². The summed E-state index contributed by atoms with van der Waals surface area (Å²) in [5.41, 5.74) is 1.10. The molecule has 0 heteroatoms. The Morgan fingerprint density at radius 3 is 1.00 bits per heavy atom. The van der Waals surface area contributed by atoms with Gasteiger partial charge in [-0.1, -0.05) is 89.5 Å². The minimum atomic E-state index is 0. The summed E-state index contributed by atoms with van der Waals surface area (Å²) in [6, 6.07) is 0. The summed E-state index contributed by atoms with van der Waals surface area (Å²) in [6.07, 6.45) is 6.72. The van der Waals surface area contributed by atoms with Gasteiger partial charge in [-0.15, -0.1) is 0 Å². The molecule has 0 heterocycles. The molecule has 0 aliphatic carbocycles. The smallest absolute Gasteiger partial charge is 0.0383 e. The Balaban J connectivity index is -0.0000000896. The van der Waals surface area contributed by atoms with Crippen molar-refractivity contribution in [2.24, 2.45) is 10.8 Å². The van der Waals surface area contributed by atoms with E-state index in [4.69, 9.17) is 0 Å². The van der Waals surface area contributed by atoms with E-state index in [1.165, 1.54) is 32.1 Å². The Bertz CT molecular complexity index is 120. The average molecular weight is 247 g/mol. The first-order chi connectivity index (χ1) is 6.62. The largest absolute Gasteiger partial charge is 0.0776 e. The Hall–Kier alpha value is 0. The van der Waals surface area contributed by atoms with Gasteiger partial charge in [0.2, 0.25) is 0 Å². The summed E-state index contributed by atoms with van der Waals surface area (Å²) in [5, 5.41) is 0. The quantitative estimate of drug-likeness (QED) is 0.489. The van der Waals surface area contributed by atoms with Crippen molar-refractivity contribution >= 4 is 0 Å². The van der Waals surface area contributed by atoms with E-state index in [2.05, 4.69) is 55.4 Å². The first-order valence-electron chi connectivity index (χ1n) is 6.62. The van der Waals surface area contributed by atoms with E-state index in [9.17, 15) is 0 Å². The second kappa shape index (κ2) is 12.5. The van der Waals surface area contributed by atoms with Crippen LogP contribution in [-0.2, 0) is 0 Å². The lowest BCUT2D eigenvalue weighted by atomic mass is 9.90. The van der Waals surface area contributed by atoms with Crippen molar-refractivity contribution in [1.29, 1.82) is 0 Å². The van der Waals surface area contributed by atoms with Gasteiger partial charge in [0, 0.05) is 0 Å². The summed E-state index contributed by atoms with van der Waals surface area (Å²) in [5.74, 6) is 0. The van der Waals surface area contributed by atoms with Gasteiger partial charge in [0.1, 0.15) is 0 Å². The molecule has 0 amide bonds. The highest BCUT2D eigenvalue weighted by Gasteiger charge is 2.07. The molecule has 0 nitrogen and oxygen atoms in total. The van der Waals surface area contributed by atoms with E-state index < -0.39 is 0 Å². The van der Waals surface area contributed by atoms with Crippen LogP contribution in [-0.4, -0.2) is 0 Å². The first-order valence-corrected chi connectivity index (χ1v) is 6.62. The maximum Gasteiger partial charge on any atom is -0.0383 e. The summed E-state index contributed by atoms with van der Waals surface area (Å²) in [4.78, 5) is 0. The van der Waals surface area contributed by atoms with Gasteiger partial charge in [-0.2, -0.15) is 0 Å². The normalized spacial score (nSPS) is 10.6. The summed E-state index contributed by atoms with van der Waals surface area (Å²) in [7, 11) is 0. The highest BCUT2D eigenvalue weighted by atomic mass is 14.1. The van der Waals surface area contributed by atoms with Crippen LogP contribution in [0.3, 0.4) is 0 Å². The fourth-order valence-corrected chi connectivity index (χ4v) is 1.46. The third-order valence-corrected chi connectivity index (χ3v) is 2.28. The predicted molar refractivity (Wildman–Crippen MR) is 86.8 cm³/mol. The summed E-state index contributed by atoms with van der Waals surface area (Å²) in [6.45, 7) is 18.2. The molecular weight excluding hydrogens is 204 g/mol. The molecular formula is C17H42. The van der Waals surface area contributed by atoms with E-state index in [0.717, 1.165) is 0 Å². The lowest BCUT2D eigenvalue weighted by Crippen LogP contribution is -2.03. The lowest BCUT2D eigenvalue weighted by Gasteiger charge is -2.16. The fourth-order valence-electron chi connectivity index (χ4n) is 1.46. The summed E-state index contributed by atoms with van der Waals surface area (Å²) < 4.78 is 0. The van der Waals surface area contributed by atoms with Crippen LogP contribution in [0, 0.1) is 10.8 Å². The highest BCUT2D eigenvalue weighted by molar-refractivity contribution is 4.59. The number of hydrogen-bond donors (Lipinski definition) is 0. The van der Waals surface area contributed by atoms with Crippen LogP contribution >= 0.6 is 0 Å². The van der Waals surface area contributed by atoms with Crippen molar-refractivity contribution in [3.05, 3.63) is 0 Å². The molecule has 0 aromatic carbocycles. The van der Waals surface area contributed by atoms with Crippen LogP contribution in [0.2, 0.25) is 0 Å². The molecule has 0 bridgehead atoms. The maximum absolute atomic E-state index is 2.29. The average Bonchev–Trinajstić information content (AvgIpc) is 1.98. The van der Waals surface area contributed by atoms with Gasteiger partial charge in [0.25, 0.3) is 0 Å². The van der Waals surface area contributed by atoms with Crippen LogP contribution in [0.4, 0.5) is 0 Å². The molecule has 0 atom stereocenters. The zero-order chi connectivity index (χ0) is 12.5. The molecule has 110 valence electrons. The van der Waals surface area contributed by atoms with E-state index in [-0.39, 0.29) is 14.9 Å². The molecule has 0 rings (SSSR count). The molecule has 0 aromatic heterocycles. The van der Waals surface area contributed by atoms with Gasteiger partial charge >= 0.3 is 0 Å². The van der Waals surface area contributed by atoms with Gasteiger partial charge in [0.05, 0.1) is 0 Å². The number of unbranched alkanes of at least 4 members (excludes halogenated alkanes) is 1. The standard InChI is InChI=1S/C8H18.C7H16.2CH4/c1-5-6-7-8(2,3)4;1-5-6-7(2,3)4;;/h5-7H2,1-4H3;5-6H2,1-4H3;2*1H4. The van der Waals surface area contributed by atoms with Gasteiger partial charge < -0.3 is 0 Å². The summed E-state index contributed by atoms with van der Waals surface area (Å²) >= 11 is 0. The molecule has 0 spiro atoms. The minimum Gasteiger partial charge on any atom is -0.0776 e. The molecule has 0 N–H and O–H groups in total. The predicted octanol–water partition coefficient (Wildman–Crippen LogP) is 7.33. The Morgan fingerprint density at radius 2 is 0.941 bits per heavy atom. The Kier molecular flexibility index (Phi) is 18.9. The molecule has 0 aliphatic rings. The van der Waals surface area contributed by atoms with Crippen molar-refractivity contribution in [1.82, 2.24) is 0 Å². The van der Waals surface area contributed by atoms with Crippen molar-refractivity contribution in [2.45, 2.75) is 102 Å². The Morgan fingerprint density at radius 1 is 0.588 bits per heavy atom. The monoisotopic (exact) mass is 246 g/mol. The van der Waals surface area contributed by atoms with Crippen LogP contribution < -0.4 is 0 Å². The minimum absolute atomic E-state index is 0. The molecule has 0 radical (unpaired) electrons. The molecule has 0 saturated heterocycles. The SMILES string of the molecule is C.C.CCCC(C)(C)C.CCCCC(C)(C)C. The lowest BCUT2D eigenvalue weighted by molar-refractivity contribution is 0.363. The fraction of sp³-hybridized carbons (Fsp3) is 1.00. The highest BCUT2D eigenvalue weighted by Crippen LogP contribution is 2.21. The van der Waals surface area contributed by atoms with E-state index >= 15 is 0 Å². The number of hydrogen-bond acceptors (Lipinski definition) is 0. The third kappa shape index (κ3) is 38.7. The van der Waals surface area contributed by atoms with Crippen LogP contribution in [0.1, 0.15) is 102 Å². The van der Waals surface area contributed by atoms with E-state index in [0.29, 0.717) is 10.8 Å². The molecule has 17 heavy (non-hydrogen) atoms. The molecule has 0 aliphatic heterocycles. The van der Waals surface area contributed by atoms with Crippen LogP contribution in [0.15, 0.2) is 0 Å². The van der Waals surface area contributed by atoms with Crippen molar-refractivity contribution < 1.29 is 0 Å². The zero-order valence-corrected chi connectivity index (χ0v) is 12.5. The van der Waals surface area contributed by atoms with Gasteiger partial charge in [-0.25, -0.2) is 0 Å². The molecule has 0 saturated carbocycles. The van der Waals surface area contributed by atoms with Crippen molar-refractivity contribution in [3.63, 3.8) is 0 Å². The topological polar surface area (TPSA) is 0 Å². The second-order valence-corrected chi connectivity index (χ2v) is 6.97. The van der Waals surface area contributed by atoms with Gasteiger partial charge in [-0.3, -0.25) is 0 Å². The molecule has 0 fully saturated rings. The Labute approximate surface area is 114 Å². The molecule has 0 aromatic rings. The first kappa shape index (κ1) is 25.8.